The van der Waals surface area contributed by atoms with Crippen molar-refractivity contribution in [1.29, 1.82) is 0 Å². The normalized spacial score (nSPS) is 16.9. The number of para-hydroxylation sites is 2. The van der Waals surface area contributed by atoms with E-state index in [1.54, 1.807) is 7.11 Å². The van der Waals surface area contributed by atoms with Gasteiger partial charge in [0.2, 0.25) is 0 Å². The summed E-state index contributed by atoms with van der Waals surface area (Å²) < 4.78 is 5.52. The molecule has 0 aliphatic carbocycles. The molecule has 1 atom stereocenters. The first-order chi connectivity index (χ1) is 9.85. The quantitative estimate of drug-likeness (QED) is 0.821. The third-order valence-electron chi connectivity index (χ3n) is 3.84. The zero-order valence-corrected chi connectivity index (χ0v) is 11.9. The van der Waals surface area contributed by atoms with Crippen LogP contribution in [0, 0.1) is 0 Å². The van der Waals surface area contributed by atoms with Crippen LogP contribution < -0.4 is 9.64 Å². The number of hydrogen-bond acceptors (Lipinski definition) is 2. The molecule has 1 heterocycles. The van der Waals surface area contributed by atoms with Crippen LogP contribution in [0.4, 0.5) is 5.69 Å². The van der Waals surface area contributed by atoms with Gasteiger partial charge in [-0.1, -0.05) is 48.6 Å². The Morgan fingerprint density at radius 3 is 2.60 bits per heavy atom. The number of rotatable bonds is 3. The standard InChI is InChI=1S/C18H19NO/c1-3-19-16-10-6-4-8-14(16)12-13-17(19)15-9-5-7-11-18(15)20-2/h4-13,17H,3H2,1-2H3/t17-/m1/s1. The highest BCUT2D eigenvalue weighted by Gasteiger charge is 2.24. The maximum absolute atomic E-state index is 5.52. The molecular formula is C18H19NO. The number of likely N-dealkylation sites (N-methyl/N-ethyl adjacent to an activating group) is 1. The fourth-order valence-electron chi connectivity index (χ4n) is 2.89. The molecular weight excluding hydrogens is 246 g/mol. The first-order valence-corrected chi connectivity index (χ1v) is 7.02. The molecule has 2 aromatic carbocycles. The van der Waals surface area contributed by atoms with Crippen LogP contribution in [-0.2, 0) is 0 Å². The van der Waals surface area contributed by atoms with Crippen LogP contribution in [0.25, 0.3) is 6.08 Å². The molecule has 0 spiro atoms. The number of fused-ring (bicyclic) bond motifs is 1. The molecule has 102 valence electrons. The Balaban J connectivity index is 2.07. The second-order valence-corrected chi connectivity index (χ2v) is 4.89. The minimum absolute atomic E-state index is 0.228. The fraction of sp³-hybridized carbons (Fsp3) is 0.222. The van der Waals surface area contributed by atoms with Crippen molar-refractivity contribution in [1.82, 2.24) is 0 Å². The molecule has 2 heteroatoms. The van der Waals surface area contributed by atoms with Crippen LogP contribution in [0.3, 0.4) is 0 Å². The molecule has 0 radical (unpaired) electrons. The first-order valence-electron chi connectivity index (χ1n) is 7.02. The van der Waals surface area contributed by atoms with Gasteiger partial charge >= 0.3 is 0 Å². The minimum Gasteiger partial charge on any atom is -0.496 e. The highest BCUT2D eigenvalue weighted by atomic mass is 16.5. The van der Waals surface area contributed by atoms with Crippen LogP contribution >= 0.6 is 0 Å². The fourth-order valence-corrected chi connectivity index (χ4v) is 2.89. The van der Waals surface area contributed by atoms with Crippen LogP contribution in [0.2, 0.25) is 0 Å². The minimum atomic E-state index is 0.228. The molecule has 2 nitrogen and oxygen atoms in total. The average Bonchev–Trinajstić information content (AvgIpc) is 2.53. The van der Waals surface area contributed by atoms with E-state index >= 15 is 0 Å². The number of nitrogens with zero attached hydrogens (tertiary/aromatic N) is 1. The van der Waals surface area contributed by atoms with Gasteiger partial charge in [-0.2, -0.15) is 0 Å². The van der Waals surface area contributed by atoms with E-state index in [0.717, 1.165) is 12.3 Å². The Kier molecular flexibility index (Phi) is 3.46. The van der Waals surface area contributed by atoms with Gasteiger partial charge in [0.1, 0.15) is 5.75 Å². The Bertz CT molecular complexity index is 633. The molecule has 0 aromatic heterocycles. The van der Waals surface area contributed by atoms with Crippen LogP contribution in [0.1, 0.15) is 24.1 Å². The zero-order chi connectivity index (χ0) is 13.9. The van der Waals surface area contributed by atoms with Crippen molar-refractivity contribution >= 4 is 11.8 Å². The van der Waals surface area contributed by atoms with Gasteiger partial charge in [-0.15, -0.1) is 0 Å². The van der Waals surface area contributed by atoms with E-state index in [9.17, 15) is 0 Å². The molecule has 0 bridgehead atoms. The largest absolute Gasteiger partial charge is 0.496 e. The van der Waals surface area contributed by atoms with E-state index in [4.69, 9.17) is 4.74 Å². The Morgan fingerprint density at radius 2 is 1.80 bits per heavy atom. The molecule has 1 aliphatic rings. The van der Waals surface area contributed by atoms with Gasteiger partial charge in [0.05, 0.1) is 13.2 Å². The van der Waals surface area contributed by atoms with Crippen LogP contribution in [-0.4, -0.2) is 13.7 Å². The molecule has 20 heavy (non-hydrogen) atoms. The van der Waals surface area contributed by atoms with Crippen molar-refractivity contribution in [2.45, 2.75) is 13.0 Å². The summed E-state index contributed by atoms with van der Waals surface area (Å²) in [4.78, 5) is 2.41. The smallest absolute Gasteiger partial charge is 0.124 e. The summed E-state index contributed by atoms with van der Waals surface area (Å²) in [6.07, 6.45) is 4.46. The van der Waals surface area contributed by atoms with Crippen LogP contribution in [0.15, 0.2) is 54.6 Å². The van der Waals surface area contributed by atoms with E-state index in [2.05, 4.69) is 60.4 Å². The van der Waals surface area contributed by atoms with Gasteiger partial charge in [-0.25, -0.2) is 0 Å². The van der Waals surface area contributed by atoms with Crippen molar-refractivity contribution in [3.05, 3.63) is 65.7 Å². The van der Waals surface area contributed by atoms with Gasteiger partial charge in [0.15, 0.2) is 0 Å². The topological polar surface area (TPSA) is 12.5 Å². The van der Waals surface area contributed by atoms with E-state index in [0.29, 0.717) is 0 Å². The number of anilines is 1. The van der Waals surface area contributed by atoms with E-state index < -0.39 is 0 Å². The van der Waals surface area contributed by atoms with E-state index in [-0.39, 0.29) is 6.04 Å². The van der Waals surface area contributed by atoms with E-state index in [1.807, 2.05) is 12.1 Å². The lowest BCUT2D eigenvalue weighted by Gasteiger charge is -2.35. The second-order valence-electron chi connectivity index (χ2n) is 4.89. The summed E-state index contributed by atoms with van der Waals surface area (Å²) in [5, 5.41) is 0. The summed E-state index contributed by atoms with van der Waals surface area (Å²) in [6, 6.07) is 17.0. The average molecular weight is 265 g/mol. The molecule has 0 saturated carbocycles. The lowest BCUT2D eigenvalue weighted by Crippen LogP contribution is -2.29. The number of benzene rings is 2. The molecule has 0 amide bonds. The maximum atomic E-state index is 5.52. The first kappa shape index (κ1) is 12.8. The van der Waals surface area contributed by atoms with Crippen molar-refractivity contribution in [2.75, 3.05) is 18.6 Å². The SMILES string of the molecule is CCN1c2ccccc2C=C[C@@H]1c1ccccc1OC. The molecule has 0 unspecified atom stereocenters. The molecule has 0 fully saturated rings. The van der Waals surface area contributed by atoms with Gasteiger partial charge in [-0.05, 0) is 24.6 Å². The van der Waals surface area contributed by atoms with Gasteiger partial charge < -0.3 is 9.64 Å². The summed E-state index contributed by atoms with van der Waals surface area (Å²) in [6.45, 7) is 3.16. The monoisotopic (exact) mass is 265 g/mol. The molecule has 0 N–H and O–H groups in total. The summed E-state index contributed by atoms with van der Waals surface area (Å²) in [5.41, 5.74) is 3.77. The van der Waals surface area contributed by atoms with Crippen LogP contribution in [0.5, 0.6) is 5.75 Å². The predicted molar refractivity (Wildman–Crippen MR) is 84.2 cm³/mol. The highest BCUT2D eigenvalue weighted by molar-refractivity contribution is 5.73. The second kappa shape index (κ2) is 5.41. The molecule has 2 aromatic rings. The molecule has 3 rings (SSSR count). The van der Waals surface area contributed by atoms with Crippen molar-refractivity contribution in [3.63, 3.8) is 0 Å². The zero-order valence-electron chi connectivity index (χ0n) is 11.9. The Labute approximate surface area is 120 Å². The lowest BCUT2D eigenvalue weighted by atomic mass is 9.96. The van der Waals surface area contributed by atoms with Crippen molar-refractivity contribution in [2.24, 2.45) is 0 Å². The Hall–Kier alpha value is -2.22. The molecule has 1 aliphatic heterocycles. The van der Waals surface area contributed by atoms with Gasteiger partial charge in [0.25, 0.3) is 0 Å². The Morgan fingerprint density at radius 1 is 1.05 bits per heavy atom. The number of hydrogen-bond donors (Lipinski definition) is 0. The molecule has 0 saturated heterocycles. The summed E-state index contributed by atoms with van der Waals surface area (Å²) >= 11 is 0. The summed E-state index contributed by atoms with van der Waals surface area (Å²) in [5.74, 6) is 0.944. The highest BCUT2D eigenvalue weighted by Crippen LogP contribution is 2.38. The van der Waals surface area contributed by atoms with E-state index in [1.165, 1.54) is 16.8 Å². The number of methoxy groups -OCH3 is 1. The summed E-state index contributed by atoms with van der Waals surface area (Å²) in [7, 11) is 1.73. The number of ether oxygens (including phenoxy) is 1. The lowest BCUT2D eigenvalue weighted by molar-refractivity contribution is 0.407. The predicted octanol–water partition coefficient (Wildman–Crippen LogP) is 4.29. The maximum Gasteiger partial charge on any atom is 0.124 e. The van der Waals surface area contributed by atoms with Crippen molar-refractivity contribution < 1.29 is 4.74 Å². The van der Waals surface area contributed by atoms with Gasteiger partial charge in [0, 0.05) is 17.8 Å². The van der Waals surface area contributed by atoms with Gasteiger partial charge in [-0.3, -0.25) is 0 Å². The third kappa shape index (κ3) is 2.07. The third-order valence-corrected chi connectivity index (χ3v) is 3.84. The van der Waals surface area contributed by atoms with Crippen molar-refractivity contribution in [3.8, 4) is 5.75 Å².